The Morgan fingerprint density at radius 3 is 2.73 bits per heavy atom. The molecule has 1 unspecified atom stereocenters. The highest BCUT2D eigenvalue weighted by molar-refractivity contribution is 7.07. The molecule has 0 aliphatic heterocycles. The van der Waals surface area contributed by atoms with Crippen molar-refractivity contribution in [2.45, 2.75) is 44.6 Å². The summed E-state index contributed by atoms with van der Waals surface area (Å²) >= 11 is 1.51. The van der Waals surface area contributed by atoms with E-state index < -0.39 is 6.10 Å². The van der Waals surface area contributed by atoms with Crippen LogP contribution >= 0.6 is 11.3 Å². The van der Waals surface area contributed by atoms with Gasteiger partial charge in [0, 0.05) is 25.4 Å². The first-order valence-corrected chi connectivity index (χ1v) is 8.85. The van der Waals surface area contributed by atoms with Crippen molar-refractivity contribution in [3.8, 4) is 0 Å². The lowest BCUT2D eigenvalue weighted by Gasteiger charge is -2.20. The summed E-state index contributed by atoms with van der Waals surface area (Å²) in [5.41, 5.74) is 0.816. The number of aliphatic hydroxyl groups excluding tert-OH is 1. The van der Waals surface area contributed by atoms with Crippen LogP contribution in [0.1, 0.15) is 50.2 Å². The predicted molar refractivity (Wildman–Crippen MR) is 86.5 cm³/mol. The highest BCUT2D eigenvalue weighted by Gasteiger charge is 2.20. The third-order valence-corrected chi connectivity index (χ3v) is 4.75. The van der Waals surface area contributed by atoms with Gasteiger partial charge in [0.2, 0.25) is 11.8 Å². The van der Waals surface area contributed by atoms with Gasteiger partial charge in [-0.25, -0.2) is 0 Å². The molecule has 22 heavy (non-hydrogen) atoms. The minimum Gasteiger partial charge on any atom is -0.387 e. The fraction of sp³-hybridized carbons (Fsp3) is 0.625. The first-order chi connectivity index (χ1) is 10.7. The van der Waals surface area contributed by atoms with Gasteiger partial charge >= 0.3 is 0 Å². The second kappa shape index (κ2) is 8.90. The molecule has 6 heteroatoms. The van der Waals surface area contributed by atoms with Crippen LogP contribution in [0.2, 0.25) is 0 Å². The second-order valence-corrected chi connectivity index (χ2v) is 6.53. The van der Waals surface area contributed by atoms with Gasteiger partial charge in [-0.2, -0.15) is 11.3 Å². The molecule has 1 fully saturated rings. The standard InChI is InChI=1S/C16H24N2O3S/c19-14(13-7-9-22-11-13)10-18-15(20)6-8-17-16(21)12-4-2-1-3-5-12/h7,9,11-12,14,19H,1-6,8,10H2,(H,17,21)(H,18,20). The van der Waals surface area contributed by atoms with Crippen molar-refractivity contribution in [3.63, 3.8) is 0 Å². The van der Waals surface area contributed by atoms with E-state index in [1.54, 1.807) is 0 Å². The Labute approximate surface area is 135 Å². The van der Waals surface area contributed by atoms with Crippen LogP contribution in [0.25, 0.3) is 0 Å². The summed E-state index contributed by atoms with van der Waals surface area (Å²) in [5, 5.41) is 19.1. The zero-order valence-electron chi connectivity index (χ0n) is 12.7. The van der Waals surface area contributed by atoms with E-state index in [0.717, 1.165) is 31.2 Å². The van der Waals surface area contributed by atoms with E-state index in [1.165, 1.54) is 17.8 Å². The van der Waals surface area contributed by atoms with Crippen molar-refractivity contribution < 1.29 is 14.7 Å². The largest absolute Gasteiger partial charge is 0.387 e. The van der Waals surface area contributed by atoms with Crippen molar-refractivity contribution in [2.75, 3.05) is 13.1 Å². The van der Waals surface area contributed by atoms with Crippen molar-refractivity contribution in [3.05, 3.63) is 22.4 Å². The molecule has 1 aromatic heterocycles. The molecule has 0 spiro atoms. The molecule has 5 nitrogen and oxygen atoms in total. The number of rotatable bonds is 7. The summed E-state index contributed by atoms with van der Waals surface area (Å²) in [5.74, 6) is 0.0428. The van der Waals surface area contributed by atoms with Crippen LogP contribution in [-0.4, -0.2) is 30.0 Å². The Kier molecular flexibility index (Phi) is 6.86. The van der Waals surface area contributed by atoms with Crippen LogP contribution < -0.4 is 10.6 Å². The fourth-order valence-electron chi connectivity index (χ4n) is 2.69. The van der Waals surface area contributed by atoms with Crippen molar-refractivity contribution in [1.82, 2.24) is 10.6 Å². The van der Waals surface area contributed by atoms with E-state index in [0.29, 0.717) is 6.54 Å². The maximum atomic E-state index is 11.9. The van der Waals surface area contributed by atoms with Crippen LogP contribution in [-0.2, 0) is 9.59 Å². The second-order valence-electron chi connectivity index (χ2n) is 5.75. The lowest BCUT2D eigenvalue weighted by atomic mass is 9.89. The van der Waals surface area contributed by atoms with Crippen molar-refractivity contribution in [2.24, 2.45) is 5.92 Å². The van der Waals surface area contributed by atoms with Gasteiger partial charge in [0.25, 0.3) is 0 Å². The van der Waals surface area contributed by atoms with E-state index in [1.807, 2.05) is 16.8 Å². The number of carbonyl (C=O) groups is 2. The van der Waals surface area contributed by atoms with Gasteiger partial charge < -0.3 is 15.7 Å². The third-order valence-electron chi connectivity index (χ3n) is 4.05. The van der Waals surface area contributed by atoms with E-state index in [4.69, 9.17) is 0 Å². The first kappa shape index (κ1) is 17.0. The lowest BCUT2D eigenvalue weighted by Crippen LogP contribution is -2.36. The number of thiophene rings is 1. The molecule has 122 valence electrons. The number of carbonyl (C=O) groups excluding carboxylic acids is 2. The molecule has 0 aromatic carbocycles. The molecule has 1 aliphatic carbocycles. The van der Waals surface area contributed by atoms with Crippen LogP contribution in [0.4, 0.5) is 0 Å². The summed E-state index contributed by atoms with van der Waals surface area (Å²) in [6, 6.07) is 1.84. The van der Waals surface area contributed by atoms with Gasteiger partial charge in [-0.15, -0.1) is 0 Å². The molecular weight excluding hydrogens is 300 g/mol. The Hall–Kier alpha value is -1.40. The smallest absolute Gasteiger partial charge is 0.223 e. The number of aliphatic hydroxyl groups is 1. The molecule has 1 saturated carbocycles. The molecule has 0 bridgehead atoms. The average molecular weight is 324 g/mol. The van der Waals surface area contributed by atoms with Gasteiger partial charge in [0.1, 0.15) is 0 Å². The summed E-state index contributed by atoms with van der Waals surface area (Å²) in [6.45, 7) is 0.557. The van der Waals surface area contributed by atoms with Crippen LogP contribution in [0.3, 0.4) is 0 Å². The van der Waals surface area contributed by atoms with Gasteiger partial charge in [-0.3, -0.25) is 9.59 Å². The minimum atomic E-state index is -0.674. The molecule has 1 aromatic rings. The van der Waals surface area contributed by atoms with Crippen LogP contribution in [0.15, 0.2) is 16.8 Å². The molecule has 1 heterocycles. The number of nitrogens with one attached hydrogen (secondary N) is 2. The molecule has 2 amide bonds. The highest BCUT2D eigenvalue weighted by Crippen LogP contribution is 2.23. The van der Waals surface area contributed by atoms with Gasteiger partial charge in [0.05, 0.1) is 6.10 Å². The van der Waals surface area contributed by atoms with E-state index >= 15 is 0 Å². The number of amides is 2. The fourth-order valence-corrected chi connectivity index (χ4v) is 3.40. The monoisotopic (exact) mass is 324 g/mol. The molecule has 3 N–H and O–H groups in total. The van der Waals surface area contributed by atoms with Gasteiger partial charge in [-0.05, 0) is 35.2 Å². The van der Waals surface area contributed by atoms with E-state index in [2.05, 4.69) is 10.6 Å². The van der Waals surface area contributed by atoms with Gasteiger partial charge in [-0.1, -0.05) is 19.3 Å². The molecule has 1 atom stereocenters. The Morgan fingerprint density at radius 1 is 1.27 bits per heavy atom. The van der Waals surface area contributed by atoms with E-state index in [9.17, 15) is 14.7 Å². The predicted octanol–water partition coefficient (Wildman–Crippen LogP) is 1.98. The molecule has 0 saturated heterocycles. The topological polar surface area (TPSA) is 78.4 Å². The number of hydrogen-bond donors (Lipinski definition) is 3. The highest BCUT2D eigenvalue weighted by atomic mass is 32.1. The molecule has 1 aliphatic rings. The maximum absolute atomic E-state index is 11.9. The van der Waals surface area contributed by atoms with Crippen LogP contribution in [0.5, 0.6) is 0 Å². The summed E-state index contributed by atoms with van der Waals surface area (Å²) in [6.07, 6.45) is 4.97. The first-order valence-electron chi connectivity index (χ1n) is 7.91. The summed E-state index contributed by atoms with van der Waals surface area (Å²) in [4.78, 5) is 23.6. The molecular formula is C16H24N2O3S. The zero-order valence-corrected chi connectivity index (χ0v) is 13.5. The van der Waals surface area contributed by atoms with Crippen LogP contribution in [0, 0.1) is 5.92 Å². The quantitative estimate of drug-likeness (QED) is 0.717. The van der Waals surface area contributed by atoms with Gasteiger partial charge in [0.15, 0.2) is 0 Å². The minimum absolute atomic E-state index is 0.0748. The maximum Gasteiger partial charge on any atom is 0.223 e. The third kappa shape index (κ3) is 5.42. The lowest BCUT2D eigenvalue weighted by molar-refractivity contribution is -0.126. The average Bonchev–Trinajstić information content (AvgIpc) is 3.08. The summed E-state index contributed by atoms with van der Waals surface area (Å²) in [7, 11) is 0. The van der Waals surface area contributed by atoms with Crippen molar-refractivity contribution >= 4 is 23.2 Å². The normalized spacial score (nSPS) is 17.0. The SMILES string of the molecule is O=C(CCNC(=O)C1CCCCC1)NCC(O)c1ccsc1. The molecule has 0 radical (unpaired) electrons. The Balaban J connectivity index is 1.58. The molecule has 2 rings (SSSR count). The Morgan fingerprint density at radius 2 is 2.05 bits per heavy atom. The summed E-state index contributed by atoms with van der Waals surface area (Å²) < 4.78 is 0. The van der Waals surface area contributed by atoms with Crippen molar-refractivity contribution in [1.29, 1.82) is 0 Å². The Bertz CT molecular complexity index is 470. The number of hydrogen-bond acceptors (Lipinski definition) is 4. The zero-order chi connectivity index (χ0) is 15.8. The van der Waals surface area contributed by atoms with E-state index in [-0.39, 0.29) is 30.7 Å².